The first-order valence-corrected chi connectivity index (χ1v) is 13.1. The van der Waals surface area contributed by atoms with Crippen molar-refractivity contribution >= 4 is 15.8 Å². The van der Waals surface area contributed by atoms with Crippen LogP contribution >= 0.6 is 0 Å². The zero-order valence-electron chi connectivity index (χ0n) is 17.6. The van der Waals surface area contributed by atoms with E-state index in [1.54, 1.807) is 4.31 Å². The van der Waals surface area contributed by atoms with Gasteiger partial charge >= 0.3 is 0 Å². The topological polar surface area (TPSA) is 66.4 Å². The Morgan fingerprint density at radius 2 is 1.76 bits per heavy atom. The molecule has 3 heterocycles. The van der Waals surface area contributed by atoms with Gasteiger partial charge in [-0.3, -0.25) is 0 Å². The summed E-state index contributed by atoms with van der Waals surface area (Å²) in [5.74, 6) is 2.96. The number of aryl methyl sites for hydroxylation is 1. The van der Waals surface area contributed by atoms with E-state index in [1.165, 1.54) is 24.8 Å². The Morgan fingerprint density at radius 3 is 2.52 bits per heavy atom. The summed E-state index contributed by atoms with van der Waals surface area (Å²) in [6.45, 7) is 5.54. The Balaban J connectivity index is 1.39. The fourth-order valence-corrected chi connectivity index (χ4v) is 7.58. The highest BCUT2D eigenvalue weighted by Crippen LogP contribution is 2.37. The molecule has 160 valence electrons. The third-order valence-electron chi connectivity index (χ3n) is 7.37. The molecule has 6 nitrogen and oxygen atoms in total. The Bertz CT molecular complexity index is 862. The highest BCUT2D eigenvalue weighted by atomic mass is 32.2. The predicted octanol–water partition coefficient (Wildman–Crippen LogP) is 3.40. The van der Waals surface area contributed by atoms with E-state index in [-0.39, 0.29) is 11.2 Å². The Labute approximate surface area is 175 Å². The monoisotopic (exact) mass is 418 g/mol. The Kier molecular flexibility index (Phi) is 5.31. The predicted molar refractivity (Wildman–Crippen MR) is 115 cm³/mol. The number of rotatable bonds is 5. The van der Waals surface area contributed by atoms with E-state index < -0.39 is 10.0 Å². The minimum absolute atomic E-state index is 0.119. The summed E-state index contributed by atoms with van der Waals surface area (Å²) in [6, 6.07) is 0. The van der Waals surface area contributed by atoms with Gasteiger partial charge in [0.05, 0.1) is 5.25 Å². The summed E-state index contributed by atoms with van der Waals surface area (Å²) in [6.07, 6.45) is 10.6. The van der Waals surface area contributed by atoms with Crippen LogP contribution in [0.2, 0.25) is 0 Å². The smallest absolute Gasteiger partial charge is 0.217 e. The molecule has 0 N–H and O–H groups in total. The molecule has 0 amide bonds. The fraction of sp³-hybridized carbons (Fsp3) is 0.818. The van der Waals surface area contributed by atoms with Gasteiger partial charge in [0, 0.05) is 43.4 Å². The molecule has 0 unspecified atom stereocenters. The van der Waals surface area contributed by atoms with Crippen molar-refractivity contribution in [2.24, 2.45) is 5.92 Å². The summed E-state index contributed by atoms with van der Waals surface area (Å²) >= 11 is 0. The van der Waals surface area contributed by atoms with Crippen LogP contribution in [0.5, 0.6) is 0 Å². The molecule has 1 atom stereocenters. The van der Waals surface area contributed by atoms with E-state index in [1.807, 2.05) is 0 Å². The average molecular weight is 419 g/mol. The Morgan fingerprint density at radius 1 is 0.966 bits per heavy atom. The van der Waals surface area contributed by atoms with Crippen molar-refractivity contribution in [3.63, 3.8) is 0 Å². The standard InChI is InChI=1S/C22H34N4O2S/c1-16-20-9-5-12-25(14-17-10-11-17)22(20)24-21(23-16)18-6-4-13-26(15-18)29(27,28)19-7-2-3-8-19/h17-19H,2-15H2,1H3/t18-/m1/s1. The second-order valence-corrected chi connectivity index (χ2v) is 11.8. The van der Waals surface area contributed by atoms with Crippen LogP contribution < -0.4 is 4.90 Å². The number of hydrogen-bond acceptors (Lipinski definition) is 5. The normalized spacial score (nSPS) is 26.7. The highest BCUT2D eigenvalue weighted by molar-refractivity contribution is 7.89. The molecule has 29 heavy (non-hydrogen) atoms. The molecule has 0 spiro atoms. The molecule has 2 aliphatic heterocycles. The van der Waals surface area contributed by atoms with E-state index in [9.17, 15) is 8.42 Å². The molecule has 1 aromatic rings. The summed E-state index contributed by atoms with van der Waals surface area (Å²) in [7, 11) is -3.18. The van der Waals surface area contributed by atoms with Crippen molar-refractivity contribution in [2.45, 2.75) is 82.3 Å². The van der Waals surface area contributed by atoms with Gasteiger partial charge in [-0.05, 0) is 64.2 Å². The molecule has 0 aromatic carbocycles. The molecule has 5 rings (SSSR count). The van der Waals surface area contributed by atoms with Crippen molar-refractivity contribution in [2.75, 3.05) is 31.1 Å². The molecule has 0 radical (unpaired) electrons. The number of nitrogens with zero attached hydrogens (tertiary/aromatic N) is 4. The van der Waals surface area contributed by atoms with Gasteiger partial charge in [-0.25, -0.2) is 22.7 Å². The number of aromatic nitrogens is 2. The molecule has 7 heteroatoms. The Hall–Kier alpha value is -1.21. The summed E-state index contributed by atoms with van der Waals surface area (Å²) < 4.78 is 28.0. The first kappa shape index (κ1) is 19.7. The zero-order valence-corrected chi connectivity index (χ0v) is 18.5. The maximum Gasteiger partial charge on any atom is 0.217 e. The van der Waals surface area contributed by atoms with Gasteiger partial charge in [-0.2, -0.15) is 0 Å². The van der Waals surface area contributed by atoms with Crippen molar-refractivity contribution in [1.82, 2.24) is 14.3 Å². The lowest BCUT2D eigenvalue weighted by atomic mass is 9.97. The molecule has 2 saturated carbocycles. The zero-order chi connectivity index (χ0) is 20.0. The number of fused-ring (bicyclic) bond motifs is 1. The van der Waals surface area contributed by atoms with Gasteiger partial charge in [-0.1, -0.05) is 12.8 Å². The second-order valence-electron chi connectivity index (χ2n) is 9.61. The largest absolute Gasteiger partial charge is 0.356 e. The number of hydrogen-bond donors (Lipinski definition) is 0. The molecular weight excluding hydrogens is 384 g/mol. The van der Waals surface area contributed by atoms with Crippen LogP contribution in [-0.2, 0) is 16.4 Å². The first-order chi connectivity index (χ1) is 14.0. The average Bonchev–Trinajstić information content (AvgIpc) is 3.36. The van der Waals surface area contributed by atoms with E-state index in [0.717, 1.165) is 81.3 Å². The fourth-order valence-electron chi connectivity index (χ4n) is 5.46. The summed E-state index contributed by atoms with van der Waals surface area (Å²) in [4.78, 5) is 12.4. The van der Waals surface area contributed by atoms with Crippen LogP contribution in [0.15, 0.2) is 0 Å². The minimum Gasteiger partial charge on any atom is -0.356 e. The molecule has 3 fully saturated rings. The van der Waals surface area contributed by atoms with E-state index >= 15 is 0 Å². The first-order valence-electron chi connectivity index (χ1n) is 11.6. The van der Waals surface area contributed by atoms with Gasteiger partial charge in [0.2, 0.25) is 10.0 Å². The molecule has 1 saturated heterocycles. The van der Waals surface area contributed by atoms with Crippen molar-refractivity contribution < 1.29 is 8.42 Å². The van der Waals surface area contributed by atoms with Gasteiger partial charge in [0.1, 0.15) is 11.6 Å². The lowest BCUT2D eigenvalue weighted by Gasteiger charge is -2.35. The summed E-state index contributed by atoms with van der Waals surface area (Å²) in [5.41, 5.74) is 2.41. The molecule has 0 bridgehead atoms. The molecular formula is C22H34N4O2S. The number of sulfonamides is 1. The van der Waals surface area contributed by atoms with Gasteiger partial charge < -0.3 is 4.90 Å². The number of anilines is 1. The van der Waals surface area contributed by atoms with E-state index in [2.05, 4.69) is 11.8 Å². The SMILES string of the molecule is Cc1nc([C@@H]2CCCN(S(=O)(=O)C3CCCC3)C2)nc2c1CCCN2CC1CC1. The molecule has 2 aliphatic carbocycles. The second kappa shape index (κ2) is 7.80. The third-order valence-corrected chi connectivity index (χ3v) is 9.74. The maximum atomic E-state index is 13.1. The van der Waals surface area contributed by atoms with Crippen molar-refractivity contribution in [1.29, 1.82) is 0 Å². The maximum absolute atomic E-state index is 13.1. The van der Waals surface area contributed by atoms with Crippen LogP contribution in [0.1, 0.15) is 80.8 Å². The van der Waals surface area contributed by atoms with Crippen LogP contribution in [-0.4, -0.2) is 54.1 Å². The van der Waals surface area contributed by atoms with Crippen LogP contribution in [0, 0.1) is 12.8 Å². The van der Waals surface area contributed by atoms with Crippen LogP contribution in [0.3, 0.4) is 0 Å². The minimum atomic E-state index is -3.18. The van der Waals surface area contributed by atoms with Crippen molar-refractivity contribution in [3.05, 3.63) is 17.1 Å². The number of piperidine rings is 1. The summed E-state index contributed by atoms with van der Waals surface area (Å²) in [5, 5.41) is -0.165. The lowest BCUT2D eigenvalue weighted by Crippen LogP contribution is -2.43. The lowest BCUT2D eigenvalue weighted by molar-refractivity contribution is 0.305. The quantitative estimate of drug-likeness (QED) is 0.733. The molecule has 1 aromatic heterocycles. The van der Waals surface area contributed by atoms with Gasteiger partial charge in [0.15, 0.2) is 0 Å². The third kappa shape index (κ3) is 3.92. The van der Waals surface area contributed by atoms with Crippen LogP contribution in [0.25, 0.3) is 0 Å². The van der Waals surface area contributed by atoms with Crippen LogP contribution in [0.4, 0.5) is 5.82 Å². The van der Waals surface area contributed by atoms with E-state index in [0.29, 0.717) is 13.1 Å². The van der Waals surface area contributed by atoms with Crippen molar-refractivity contribution in [3.8, 4) is 0 Å². The van der Waals surface area contributed by atoms with Gasteiger partial charge in [-0.15, -0.1) is 0 Å². The van der Waals surface area contributed by atoms with E-state index in [4.69, 9.17) is 9.97 Å². The molecule has 4 aliphatic rings. The van der Waals surface area contributed by atoms with Gasteiger partial charge in [0.25, 0.3) is 0 Å². The highest BCUT2D eigenvalue weighted by Gasteiger charge is 2.38.